The molecule has 0 aliphatic carbocycles. The number of phenolic OH excluding ortho intramolecular Hbond substituents is 1. The van der Waals surface area contributed by atoms with Crippen LogP contribution in [0.3, 0.4) is 0 Å². The summed E-state index contributed by atoms with van der Waals surface area (Å²) >= 11 is 5.54. The first-order valence-corrected chi connectivity index (χ1v) is 6.49. The topological polar surface area (TPSA) is 87.2 Å². The molecule has 122 valence electrons. The lowest BCUT2D eigenvalue weighted by Gasteiger charge is -2.06. The molecule has 0 aliphatic rings. The number of primary amides is 1. The number of hydrogen-bond donors (Lipinski definition) is 3. The third-order valence-electron chi connectivity index (χ3n) is 2.65. The zero-order chi connectivity index (χ0) is 17.6. The van der Waals surface area contributed by atoms with Gasteiger partial charge in [0.1, 0.15) is 5.75 Å². The maximum absolute atomic E-state index is 12.1. The van der Waals surface area contributed by atoms with E-state index in [-0.39, 0.29) is 16.3 Å². The van der Waals surface area contributed by atoms with E-state index in [4.69, 9.17) is 27.9 Å². The van der Waals surface area contributed by atoms with Crippen molar-refractivity contribution in [1.29, 1.82) is 5.41 Å². The van der Waals surface area contributed by atoms with Crippen LogP contribution in [0.2, 0.25) is 5.02 Å². The van der Waals surface area contributed by atoms with Crippen LogP contribution < -0.4 is 5.73 Å². The number of aromatic hydroxyl groups is 1. The second-order valence-electron chi connectivity index (χ2n) is 4.26. The van der Waals surface area contributed by atoms with Gasteiger partial charge in [0.15, 0.2) is 0 Å². The number of amides is 1. The molecule has 0 radical (unpaired) electrons. The first-order valence-electron chi connectivity index (χ1n) is 6.12. The molecule has 0 saturated carbocycles. The van der Waals surface area contributed by atoms with Crippen molar-refractivity contribution >= 4 is 23.7 Å². The number of para-hydroxylation sites is 1. The van der Waals surface area contributed by atoms with Gasteiger partial charge in [-0.3, -0.25) is 4.79 Å². The Morgan fingerprint density at radius 3 is 2.30 bits per heavy atom. The highest BCUT2D eigenvalue weighted by molar-refractivity contribution is 6.32. The fraction of sp³-hybridized carbons (Fsp3) is 0.0667. The Morgan fingerprint density at radius 1 is 1.22 bits per heavy atom. The fourth-order valence-corrected chi connectivity index (χ4v) is 1.68. The standard InChI is InChI=1S/C8H6F3NO.C7H6ClNO/c9-8(10,11)6-3-1-2-5(4-6)7(12)13;8-6-3-1-2-5(4-9)7(6)10/h1-4H,(H2,12,13);1-4,9-10H. The fourth-order valence-electron chi connectivity index (χ4n) is 1.50. The molecule has 0 aliphatic heterocycles. The minimum absolute atomic E-state index is 0.0285. The van der Waals surface area contributed by atoms with Crippen LogP contribution in [0, 0.1) is 5.41 Å². The molecule has 2 aromatic carbocycles. The van der Waals surface area contributed by atoms with Crippen LogP contribution in [0.4, 0.5) is 13.2 Å². The molecule has 0 spiro atoms. The quantitative estimate of drug-likeness (QED) is 0.723. The van der Waals surface area contributed by atoms with E-state index in [0.717, 1.165) is 24.4 Å². The van der Waals surface area contributed by atoms with E-state index in [9.17, 15) is 18.0 Å². The molecule has 0 atom stereocenters. The normalized spacial score (nSPS) is 10.4. The molecule has 0 bridgehead atoms. The number of phenols is 1. The second kappa shape index (κ2) is 7.64. The Hall–Kier alpha value is -2.54. The SMILES string of the molecule is N=Cc1cccc(Cl)c1O.NC(=O)c1cccc(C(F)(F)F)c1. The summed E-state index contributed by atoms with van der Waals surface area (Å²) in [6.07, 6.45) is -3.38. The highest BCUT2D eigenvalue weighted by Crippen LogP contribution is 2.29. The van der Waals surface area contributed by atoms with Crippen LogP contribution in [0.5, 0.6) is 5.75 Å². The third-order valence-corrected chi connectivity index (χ3v) is 2.95. The van der Waals surface area contributed by atoms with E-state index in [0.29, 0.717) is 5.56 Å². The smallest absolute Gasteiger partial charge is 0.416 e. The van der Waals surface area contributed by atoms with Crippen molar-refractivity contribution in [2.45, 2.75) is 6.18 Å². The summed E-state index contributed by atoms with van der Waals surface area (Å²) in [5.41, 5.74) is 4.24. The summed E-state index contributed by atoms with van der Waals surface area (Å²) in [6, 6.07) is 8.86. The van der Waals surface area contributed by atoms with E-state index >= 15 is 0 Å². The Bertz CT molecular complexity index is 718. The lowest BCUT2D eigenvalue weighted by molar-refractivity contribution is -0.137. The van der Waals surface area contributed by atoms with E-state index in [1.54, 1.807) is 18.2 Å². The lowest BCUT2D eigenvalue weighted by atomic mass is 10.1. The number of alkyl halides is 3. The summed E-state index contributed by atoms with van der Waals surface area (Å²) in [7, 11) is 0. The summed E-state index contributed by atoms with van der Waals surface area (Å²) < 4.78 is 36.2. The van der Waals surface area contributed by atoms with Gasteiger partial charge in [0, 0.05) is 17.3 Å². The maximum Gasteiger partial charge on any atom is 0.416 e. The summed E-state index contributed by atoms with van der Waals surface area (Å²) in [6.45, 7) is 0. The van der Waals surface area contributed by atoms with Gasteiger partial charge in [-0.05, 0) is 30.3 Å². The first kappa shape index (κ1) is 18.5. The Labute approximate surface area is 134 Å². The van der Waals surface area contributed by atoms with Crippen molar-refractivity contribution in [2.75, 3.05) is 0 Å². The van der Waals surface area contributed by atoms with Gasteiger partial charge < -0.3 is 16.2 Å². The molecule has 1 amide bonds. The van der Waals surface area contributed by atoms with Crippen molar-refractivity contribution in [1.82, 2.24) is 0 Å². The van der Waals surface area contributed by atoms with Gasteiger partial charge in [-0.25, -0.2) is 0 Å². The van der Waals surface area contributed by atoms with Gasteiger partial charge in [-0.15, -0.1) is 0 Å². The predicted molar refractivity (Wildman–Crippen MR) is 81.0 cm³/mol. The third kappa shape index (κ3) is 5.30. The number of halogens is 4. The molecule has 4 nitrogen and oxygen atoms in total. The first-order chi connectivity index (χ1) is 10.7. The highest BCUT2D eigenvalue weighted by Gasteiger charge is 2.30. The summed E-state index contributed by atoms with van der Waals surface area (Å²) in [4.78, 5) is 10.5. The number of carbonyl (C=O) groups excluding carboxylic acids is 1. The molecular weight excluding hydrogens is 333 g/mol. The number of rotatable bonds is 2. The molecular formula is C15H12ClF3N2O2. The predicted octanol–water partition coefficient (Wildman–Crippen LogP) is 3.85. The number of carbonyl (C=O) groups is 1. The van der Waals surface area contributed by atoms with Gasteiger partial charge in [0.2, 0.25) is 5.91 Å². The van der Waals surface area contributed by atoms with Crippen LogP contribution in [0.25, 0.3) is 0 Å². The van der Waals surface area contributed by atoms with Crippen molar-refractivity contribution in [3.05, 3.63) is 64.2 Å². The molecule has 0 heterocycles. The molecule has 0 aromatic heterocycles. The maximum atomic E-state index is 12.1. The molecule has 2 rings (SSSR count). The van der Waals surface area contributed by atoms with Crippen molar-refractivity contribution < 1.29 is 23.1 Å². The number of hydrogen-bond acceptors (Lipinski definition) is 3. The van der Waals surface area contributed by atoms with Gasteiger partial charge in [-0.2, -0.15) is 13.2 Å². The second-order valence-corrected chi connectivity index (χ2v) is 4.67. The Morgan fingerprint density at radius 2 is 1.83 bits per heavy atom. The van der Waals surface area contributed by atoms with Gasteiger partial charge in [-0.1, -0.05) is 23.7 Å². The number of benzene rings is 2. The minimum atomic E-state index is -4.44. The van der Waals surface area contributed by atoms with Crippen LogP contribution in [0.1, 0.15) is 21.5 Å². The molecule has 0 unspecified atom stereocenters. The monoisotopic (exact) mass is 344 g/mol. The van der Waals surface area contributed by atoms with Crippen molar-refractivity contribution in [3.63, 3.8) is 0 Å². The van der Waals surface area contributed by atoms with E-state index in [1.165, 1.54) is 6.07 Å². The molecule has 4 N–H and O–H groups in total. The number of nitrogens with two attached hydrogens (primary N) is 1. The van der Waals surface area contributed by atoms with Crippen LogP contribution in [0.15, 0.2) is 42.5 Å². The zero-order valence-corrected chi connectivity index (χ0v) is 12.3. The molecule has 23 heavy (non-hydrogen) atoms. The molecule has 2 aromatic rings. The van der Waals surface area contributed by atoms with Gasteiger partial charge in [0.25, 0.3) is 0 Å². The molecule has 0 saturated heterocycles. The van der Waals surface area contributed by atoms with E-state index < -0.39 is 17.6 Å². The Kier molecular flexibility index (Phi) is 6.15. The highest BCUT2D eigenvalue weighted by atomic mass is 35.5. The van der Waals surface area contributed by atoms with Crippen LogP contribution in [-0.2, 0) is 6.18 Å². The summed E-state index contributed by atoms with van der Waals surface area (Å²) in [5, 5.41) is 16.2. The zero-order valence-electron chi connectivity index (χ0n) is 11.6. The largest absolute Gasteiger partial charge is 0.506 e. The van der Waals surface area contributed by atoms with Crippen LogP contribution >= 0.6 is 11.6 Å². The average Bonchev–Trinajstić information content (AvgIpc) is 2.50. The van der Waals surface area contributed by atoms with Gasteiger partial charge >= 0.3 is 6.18 Å². The molecule has 0 fully saturated rings. The van der Waals surface area contributed by atoms with Gasteiger partial charge in [0.05, 0.1) is 10.6 Å². The summed E-state index contributed by atoms with van der Waals surface area (Å²) in [5.74, 6) is -0.898. The average molecular weight is 345 g/mol. The van der Waals surface area contributed by atoms with E-state index in [2.05, 4.69) is 0 Å². The molecule has 8 heteroatoms. The Balaban J connectivity index is 0.000000238. The number of nitrogens with one attached hydrogen (secondary N) is 1. The van der Waals surface area contributed by atoms with Crippen molar-refractivity contribution in [3.8, 4) is 5.75 Å². The minimum Gasteiger partial charge on any atom is -0.506 e. The van der Waals surface area contributed by atoms with E-state index in [1.807, 2.05) is 0 Å². The van der Waals surface area contributed by atoms with Crippen molar-refractivity contribution in [2.24, 2.45) is 5.73 Å². The van der Waals surface area contributed by atoms with Crippen LogP contribution in [-0.4, -0.2) is 17.2 Å². The lowest BCUT2D eigenvalue weighted by Crippen LogP contribution is -2.13.